The molecule has 0 aliphatic carbocycles. The lowest BCUT2D eigenvalue weighted by Gasteiger charge is -2.09. The molecule has 0 saturated heterocycles. The average molecular weight is 281 g/mol. The number of H-pyrrole nitrogens is 1. The Morgan fingerprint density at radius 1 is 0.950 bits per heavy atom. The van der Waals surface area contributed by atoms with E-state index in [9.17, 15) is 17.6 Å². The lowest BCUT2D eigenvalue weighted by Crippen LogP contribution is -2.05. The molecule has 0 unspecified atom stereocenters. The summed E-state index contributed by atoms with van der Waals surface area (Å²) in [6.45, 7) is 0. The van der Waals surface area contributed by atoms with Gasteiger partial charge in [0.1, 0.15) is 11.3 Å². The highest BCUT2D eigenvalue weighted by Gasteiger charge is 2.31. The van der Waals surface area contributed by atoms with Gasteiger partial charge in [0.2, 0.25) is 0 Å². The predicted molar refractivity (Wildman–Crippen MR) is 64.3 cm³/mol. The Hall–Kier alpha value is -2.44. The highest BCUT2D eigenvalue weighted by molar-refractivity contribution is 5.79. The van der Waals surface area contributed by atoms with Gasteiger partial charge < -0.3 is 0 Å². The van der Waals surface area contributed by atoms with E-state index in [2.05, 4.69) is 15.2 Å². The number of nitrogens with one attached hydrogen (secondary N) is 1. The number of hydrogen-bond donors (Lipinski definition) is 1. The van der Waals surface area contributed by atoms with E-state index in [1.54, 1.807) is 6.07 Å². The van der Waals surface area contributed by atoms with Crippen LogP contribution in [0, 0.1) is 5.82 Å². The van der Waals surface area contributed by atoms with Crippen LogP contribution in [0.3, 0.4) is 0 Å². The van der Waals surface area contributed by atoms with Crippen molar-refractivity contribution in [3.05, 3.63) is 48.0 Å². The zero-order chi connectivity index (χ0) is 14.3. The van der Waals surface area contributed by atoms with E-state index in [1.165, 1.54) is 12.4 Å². The van der Waals surface area contributed by atoms with Crippen molar-refractivity contribution in [3.8, 4) is 11.1 Å². The maximum Gasteiger partial charge on any atom is 0.416 e. The number of hydrogen-bond acceptors (Lipinski definition) is 2. The monoisotopic (exact) mass is 281 g/mol. The Morgan fingerprint density at radius 3 is 2.50 bits per heavy atom. The van der Waals surface area contributed by atoms with Crippen molar-refractivity contribution < 1.29 is 17.6 Å². The van der Waals surface area contributed by atoms with E-state index in [0.29, 0.717) is 22.7 Å². The molecule has 0 bridgehead atoms. The van der Waals surface area contributed by atoms with Crippen LogP contribution in [0.2, 0.25) is 0 Å². The molecule has 2 aromatic heterocycles. The van der Waals surface area contributed by atoms with Gasteiger partial charge in [0.15, 0.2) is 0 Å². The van der Waals surface area contributed by atoms with E-state index in [-0.39, 0.29) is 5.56 Å². The Balaban J connectivity index is 2.15. The first-order chi connectivity index (χ1) is 9.43. The predicted octanol–water partition coefficient (Wildman–Crippen LogP) is 3.78. The summed E-state index contributed by atoms with van der Waals surface area (Å²) in [6.07, 6.45) is -1.72. The molecule has 0 atom stereocenters. The topological polar surface area (TPSA) is 41.6 Å². The highest BCUT2D eigenvalue weighted by Crippen LogP contribution is 2.33. The number of nitrogens with zero attached hydrogens (tertiary/aromatic N) is 2. The first-order valence-corrected chi connectivity index (χ1v) is 5.61. The summed E-state index contributed by atoms with van der Waals surface area (Å²) in [5, 5.41) is 6.43. The van der Waals surface area contributed by atoms with Gasteiger partial charge in [0.25, 0.3) is 0 Å². The third kappa shape index (κ3) is 2.22. The van der Waals surface area contributed by atoms with Gasteiger partial charge in [-0.1, -0.05) is 0 Å². The second-order valence-electron chi connectivity index (χ2n) is 4.25. The zero-order valence-corrected chi connectivity index (χ0v) is 9.87. The molecule has 0 aliphatic rings. The minimum atomic E-state index is -4.59. The number of alkyl halides is 3. The molecule has 3 nitrogen and oxygen atoms in total. The molecule has 0 radical (unpaired) electrons. The Kier molecular flexibility index (Phi) is 2.70. The molecular formula is C13H7F4N3. The Bertz CT molecular complexity index is 777. The fourth-order valence-corrected chi connectivity index (χ4v) is 1.91. The van der Waals surface area contributed by atoms with Crippen LogP contribution in [-0.2, 0) is 6.18 Å². The quantitative estimate of drug-likeness (QED) is 0.690. The summed E-state index contributed by atoms with van der Waals surface area (Å²) in [5.74, 6) is -0.945. The lowest BCUT2D eigenvalue weighted by molar-refractivity contribution is -0.137. The molecule has 7 heteroatoms. The molecule has 0 amide bonds. The molecule has 1 N–H and O–H groups in total. The van der Waals surface area contributed by atoms with Gasteiger partial charge in [-0.05, 0) is 29.8 Å². The van der Waals surface area contributed by atoms with Crippen LogP contribution in [0.15, 0.2) is 36.7 Å². The fraction of sp³-hybridized carbons (Fsp3) is 0.0769. The lowest BCUT2D eigenvalue weighted by atomic mass is 10.0. The average Bonchev–Trinajstić information content (AvgIpc) is 2.84. The Morgan fingerprint density at radius 2 is 1.75 bits per heavy atom. The van der Waals surface area contributed by atoms with Crippen molar-refractivity contribution in [2.45, 2.75) is 6.18 Å². The molecule has 3 aromatic rings. The van der Waals surface area contributed by atoms with Crippen LogP contribution in [0.1, 0.15) is 5.56 Å². The standard InChI is InChI=1S/C13H7F4N3/c14-10-2-7(1-9(4-10)13(15,16)17)8-3-11-12(18-5-8)6-19-20-11/h1-6H,(H,19,20). The molecule has 3 rings (SSSR count). The number of pyridine rings is 1. The first-order valence-electron chi connectivity index (χ1n) is 5.61. The molecule has 2 heterocycles. The van der Waals surface area contributed by atoms with Crippen LogP contribution in [0.4, 0.5) is 17.6 Å². The van der Waals surface area contributed by atoms with Crippen LogP contribution >= 0.6 is 0 Å². The van der Waals surface area contributed by atoms with Gasteiger partial charge in [-0.15, -0.1) is 0 Å². The number of fused-ring (bicyclic) bond motifs is 1. The van der Waals surface area contributed by atoms with Crippen LogP contribution in [0.25, 0.3) is 22.2 Å². The Labute approximate surface area is 110 Å². The zero-order valence-electron chi connectivity index (χ0n) is 9.87. The van der Waals surface area contributed by atoms with Crippen molar-refractivity contribution in [2.75, 3.05) is 0 Å². The van der Waals surface area contributed by atoms with Crippen LogP contribution < -0.4 is 0 Å². The summed E-state index contributed by atoms with van der Waals surface area (Å²) >= 11 is 0. The molecule has 0 aliphatic heterocycles. The third-order valence-corrected chi connectivity index (χ3v) is 2.85. The molecule has 0 spiro atoms. The second kappa shape index (κ2) is 4.29. The molecule has 0 fully saturated rings. The summed E-state index contributed by atoms with van der Waals surface area (Å²) in [7, 11) is 0. The number of aromatic nitrogens is 3. The minimum absolute atomic E-state index is 0.112. The normalized spacial score (nSPS) is 12.0. The first kappa shape index (κ1) is 12.6. The van der Waals surface area contributed by atoms with Crippen LogP contribution in [0.5, 0.6) is 0 Å². The summed E-state index contributed by atoms with van der Waals surface area (Å²) in [4.78, 5) is 4.04. The minimum Gasteiger partial charge on any atom is -0.276 e. The maximum absolute atomic E-state index is 13.4. The highest BCUT2D eigenvalue weighted by atomic mass is 19.4. The van der Waals surface area contributed by atoms with E-state index in [0.717, 1.165) is 12.1 Å². The largest absolute Gasteiger partial charge is 0.416 e. The number of rotatable bonds is 1. The number of halogens is 4. The van der Waals surface area contributed by atoms with E-state index >= 15 is 0 Å². The van der Waals surface area contributed by atoms with Gasteiger partial charge in [-0.3, -0.25) is 10.1 Å². The maximum atomic E-state index is 13.4. The van der Waals surface area contributed by atoms with Crippen molar-refractivity contribution >= 4 is 11.0 Å². The second-order valence-corrected chi connectivity index (χ2v) is 4.25. The SMILES string of the molecule is Fc1cc(-c2cnc3cn[nH]c3c2)cc(C(F)(F)F)c1. The molecule has 20 heavy (non-hydrogen) atoms. The third-order valence-electron chi connectivity index (χ3n) is 2.85. The van der Waals surface area contributed by atoms with Gasteiger partial charge in [0, 0.05) is 11.8 Å². The van der Waals surface area contributed by atoms with E-state index in [4.69, 9.17) is 0 Å². The molecule has 102 valence electrons. The van der Waals surface area contributed by atoms with Gasteiger partial charge >= 0.3 is 6.18 Å². The summed E-state index contributed by atoms with van der Waals surface area (Å²) in [6, 6.07) is 3.96. The number of benzene rings is 1. The van der Waals surface area contributed by atoms with Crippen LogP contribution in [-0.4, -0.2) is 15.2 Å². The fourth-order valence-electron chi connectivity index (χ4n) is 1.91. The molecule has 1 aromatic carbocycles. The number of aromatic amines is 1. The van der Waals surface area contributed by atoms with Crippen molar-refractivity contribution in [2.24, 2.45) is 0 Å². The van der Waals surface area contributed by atoms with Gasteiger partial charge in [0.05, 0.1) is 17.3 Å². The van der Waals surface area contributed by atoms with Gasteiger partial charge in [-0.25, -0.2) is 4.39 Å². The smallest absolute Gasteiger partial charge is 0.276 e. The molecule has 0 saturated carbocycles. The van der Waals surface area contributed by atoms with Crippen molar-refractivity contribution in [1.82, 2.24) is 15.2 Å². The van der Waals surface area contributed by atoms with Crippen molar-refractivity contribution in [3.63, 3.8) is 0 Å². The summed E-state index contributed by atoms with van der Waals surface area (Å²) in [5.41, 5.74) is 0.617. The van der Waals surface area contributed by atoms with Gasteiger partial charge in [-0.2, -0.15) is 18.3 Å². The summed E-state index contributed by atoms with van der Waals surface area (Å²) < 4.78 is 51.4. The van der Waals surface area contributed by atoms with Crippen molar-refractivity contribution in [1.29, 1.82) is 0 Å². The van der Waals surface area contributed by atoms with E-state index < -0.39 is 17.6 Å². The van der Waals surface area contributed by atoms with E-state index in [1.807, 2.05) is 0 Å². The molecular weight excluding hydrogens is 274 g/mol.